The molecule has 0 aromatic heterocycles. The van der Waals surface area contributed by atoms with Crippen molar-refractivity contribution in [3.05, 3.63) is 58.7 Å². The highest BCUT2D eigenvalue weighted by atomic mass is 19.1. The van der Waals surface area contributed by atoms with E-state index in [4.69, 9.17) is 10.5 Å². The van der Waals surface area contributed by atoms with E-state index in [0.717, 1.165) is 5.56 Å². The van der Waals surface area contributed by atoms with Crippen molar-refractivity contribution in [2.24, 2.45) is 5.73 Å². The fourth-order valence-corrected chi connectivity index (χ4v) is 1.92. The molecule has 0 fully saturated rings. The highest BCUT2D eigenvalue weighted by molar-refractivity contribution is 5.44. The summed E-state index contributed by atoms with van der Waals surface area (Å²) in [6.07, 6.45) is 0. The first kappa shape index (κ1) is 14.5. The number of hydrogen-bond donors (Lipinski definition) is 1. The minimum atomic E-state index is -0.383. The van der Waals surface area contributed by atoms with Gasteiger partial charge in [0, 0.05) is 17.7 Å². The second-order valence-electron chi connectivity index (χ2n) is 4.94. The summed E-state index contributed by atoms with van der Waals surface area (Å²) in [7, 11) is 0. The number of rotatable bonds is 3. The van der Waals surface area contributed by atoms with Crippen LogP contribution in [0.1, 0.15) is 29.7 Å². The third-order valence-corrected chi connectivity index (χ3v) is 3.15. The summed E-state index contributed by atoms with van der Waals surface area (Å²) in [6.45, 7) is 5.21. The van der Waals surface area contributed by atoms with E-state index in [1.165, 1.54) is 18.2 Å². The minimum Gasteiger partial charge on any atom is -0.457 e. The van der Waals surface area contributed by atoms with Gasteiger partial charge in [0.15, 0.2) is 0 Å². The largest absolute Gasteiger partial charge is 0.457 e. The molecule has 2 aromatic carbocycles. The van der Waals surface area contributed by atoms with Crippen molar-refractivity contribution < 1.29 is 13.5 Å². The molecule has 0 saturated heterocycles. The van der Waals surface area contributed by atoms with E-state index in [0.29, 0.717) is 22.6 Å². The Labute approximate surface area is 117 Å². The summed E-state index contributed by atoms with van der Waals surface area (Å²) in [5, 5.41) is 0. The van der Waals surface area contributed by atoms with Gasteiger partial charge in [-0.3, -0.25) is 0 Å². The molecule has 0 aliphatic heterocycles. The van der Waals surface area contributed by atoms with Gasteiger partial charge in [0.1, 0.15) is 23.1 Å². The summed E-state index contributed by atoms with van der Waals surface area (Å²) in [5.74, 6) is 0.137. The molecule has 0 bridgehead atoms. The molecule has 0 heterocycles. The van der Waals surface area contributed by atoms with Crippen LogP contribution in [-0.4, -0.2) is 0 Å². The predicted octanol–water partition coefficient (Wildman–Crippen LogP) is 4.39. The number of ether oxygens (including phenoxy) is 1. The predicted molar refractivity (Wildman–Crippen MR) is 75.0 cm³/mol. The molecule has 0 radical (unpaired) electrons. The van der Waals surface area contributed by atoms with Crippen molar-refractivity contribution in [2.75, 3.05) is 0 Å². The Morgan fingerprint density at radius 2 is 1.70 bits per heavy atom. The number of benzene rings is 2. The molecular weight excluding hydrogens is 260 g/mol. The topological polar surface area (TPSA) is 35.2 Å². The Hall–Kier alpha value is -1.94. The monoisotopic (exact) mass is 277 g/mol. The molecule has 1 unspecified atom stereocenters. The molecule has 106 valence electrons. The average molecular weight is 277 g/mol. The van der Waals surface area contributed by atoms with Crippen molar-refractivity contribution in [1.82, 2.24) is 0 Å². The second kappa shape index (κ2) is 5.59. The average Bonchev–Trinajstić information content (AvgIpc) is 2.37. The van der Waals surface area contributed by atoms with Crippen LogP contribution in [0.3, 0.4) is 0 Å². The van der Waals surface area contributed by atoms with Crippen LogP contribution in [0.2, 0.25) is 0 Å². The van der Waals surface area contributed by atoms with Gasteiger partial charge in [-0.25, -0.2) is 8.78 Å². The Balaban J connectivity index is 2.47. The Kier molecular flexibility index (Phi) is 4.04. The molecule has 2 N–H and O–H groups in total. The molecule has 0 aliphatic carbocycles. The first-order valence-electron chi connectivity index (χ1n) is 6.38. The van der Waals surface area contributed by atoms with Gasteiger partial charge in [-0.1, -0.05) is 6.07 Å². The van der Waals surface area contributed by atoms with Gasteiger partial charge < -0.3 is 10.5 Å². The van der Waals surface area contributed by atoms with E-state index in [9.17, 15) is 8.78 Å². The number of halogens is 2. The van der Waals surface area contributed by atoms with Crippen LogP contribution in [0.25, 0.3) is 0 Å². The lowest BCUT2D eigenvalue weighted by Gasteiger charge is -2.16. The third kappa shape index (κ3) is 2.96. The summed E-state index contributed by atoms with van der Waals surface area (Å²) in [4.78, 5) is 0. The van der Waals surface area contributed by atoms with Crippen molar-refractivity contribution >= 4 is 0 Å². The number of nitrogens with two attached hydrogens (primary N) is 1. The maximum Gasteiger partial charge on any atom is 0.133 e. The molecule has 2 nitrogen and oxygen atoms in total. The van der Waals surface area contributed by atoms with Crippen LogP contribution in [0.5, 0.6) is 11.5 Å². The van der Waals surface area contributed by atoms with Crippen molar-refractivity contribution in [2.45, 2.75) is 26.8 Å². The van der Waals surface area contributed by atoms with Crippen molar-refractivity contribution in [3.8, 4) is 11.5 Å². The summed E-state index contributed by atoms with van der Waals surface area (Å²) in [6, 6.07) is 6.87. The van der Waals surface area contributed by atoms with Crippen LogP contribution in [-0.2, 0) is 0 Å². The molecule has 0 amide bonds. The molecule has 2 rings (SSSR count). The Morgan fingerprint density at radius 1 is 1.00 bits per heavy atom. The summed E-state index contributed by atoms with van der Waals surface area (Å²) in [5.41, 5.74) is 7.64. The Bertz CT molecular complexity index is 639. The molecule has 0 saturated carbocycles. The van der Waals surface area contributed by atoms with Crippen LogP contribution in [0, 0.1) is 25.5 Å². The van der Waals surface area contributed by atoms with Gasteiger partial charge >= 0.3 is 0 Å². The standard InChI is InChI=1S/C16H17F2NO/c1-9-4-5-12(17)7-15(9)20-16-6-10(2)14(18)8-13(16)11(3)19/h4-8,11H,19H2,1-3H3. The van der Waals surface area contributed by atoms with E-state index in [2.05, 4.69) is 0 Å². The van der Waals surface area contributed by atoms with E-state index in [1.54, 1.807) is 26.0 Å². The van der Waals surface area contributed by atoms with Crippen molar-refractivity contribution in [3.63, 3.8) is 0 Å². The van der Waals surface area contributed by atoms with Gasteiger partial charge in [-0.05, 0) is 50.1 Å². The molecule has 2 aromatic rings. The first-order chi connectivity index (χ1) is 9.38. The van der Waals surface area contributed by atoms with Crippen LogP contribution in [0.4, 0.5) is 8.78 Å². The fourth-order valence-electron chi connectivity index (χ4n) is 1.92. The van der Waals surface area contributed by atoms with Crippen LogP contribution >= 0.6 is 0 Å². The third-order valence-electron chi connectivity index (χ3n) is 3.15. The maximum atomic E-state index is 13.6. The smallest absolute Gasteiger partial charge is 0.133 e. The second-order valence-corrected chi connectivity index (χ2v) is 4.94. The minimum absolute atomic E-state index is 0.333. The number of aryl methyl sites for hydroxylation is 2. The lowest BCUT2D eigenvalue weighted by Crippen LogP contribution is -2.08. The van der Waals surface area contributed by atoms with Gasteiger partial charge in [-0.15, -0.1) is 0 Å². The van der Waals surface area contributed by atoms with E-state index >= 15 is 0 Å². The van der Waals surface area contributed by atoms with Crippen LogP contribution < -0.4 is 10.5 Å². The highest BCUT2D eigenvalue weighted by Gasteiger charge is 2.14. The lowest BCUT2D eigenvalue weighted by molar-refractivity contribution is 0.460. The quantitative estimate of drug-likeness (QED) is 0.902. The SMILES string of the molecule is Cc1cc(Oc2cc(F)ccc2C)c(C(C)N)cc1F. The fraction of sp³-hybridized carbons (Fsp3) is 0.250. The van der Waals surface area contributed by atoms with Gasteiger partial charge in [-0.2, -0.15) is 0 Å². The Morgan fingerprint density at radius 3 is 2.35 bits per heavy atom. The van der Waals surface area contributed by atoms with Gasteiger partial charge in [0.25, 0.3) is 0 Å². The lowest BCUT2D eigenvalue weighted by atomic mass is 10.0. The number of hydrogen-bond acceptors (Lipinski definition) is 2. The zero-order valence-corrected chi connectivity index (χ0v) is 11.7. The van der Waals surface area contributed by atoms with Crippen molar-refractivity contribution in [1.29, 1.82) is 0 Å². The van der Waals surface area contributed by atoms with Gasteiger partial charge in [0.2, 0.25) is 0 Å². The van der Waals surface area contributed by atoms with Gasteiger partial charge in [0.05, 0.1) is 0 Å². The molecule has 0 spiro atoms. The van der Waals surface area contributed by atoms with E-state index in [-0.39, 0.29) is 17.7 Å². The zero-order valence-electron chi connectivity index (χ0n) is 11.7. The molecule has 1 atom stereocenters. The normalized spacial score (nSPS) is 12.3. The molecule has 4 heteroatoms. The first-order valence-corrected chi connectivity index (χ1v) is 6.38. The molecule has 20 heavy (non-hydrogen) atoms. The van der Waals surface area contributed by atoms with E-state index < -0.39 is 0 Å². The zero-order chi connectivity index (χ0) is 14.9. The maximum absolute atomic E-state index is 13.6. The highest BCUT2D eigenvalue weighted by Crippen LogP contribution is 2.32. The van der Waals surface area contributed by atoms with E-state index in [1.807, 2.05) is 6.92 Å². The molecular formula is C16H17F2NO. The summed E-state index contributed by atoms with van der Waals surface area (Å²) >= 11 is 0. The summed E-state index contributed by atoms with van der Waals surface area (Å²) < 4.78 is 32.6. The van der Waals surface area contributed by atoms with Crippen LogP contribution in [0.15, 0.2) is 30.3 Å². The molecule has 0 aliphatic rings.